The molecule has 10 heteroatoms. The van der Waals surface area contributed by atoms with Crippen molar-refractivity contribution in [2.24, 2.45) is 17.3 Å². The molecule has 1 aliphatic rings. The summed E-state index contributed by atoms with van der Waals surface area (Å²) in [5, 5.41) is 0. The number of ether oxygens (including phenoxy) is 6. The van der Waals surface area contributed by atoms with Gasteiger partial charge in [-0.05, 0) is 65.2 Å². The van der Waals surface area contributed by atoms with Gasteiger partial charge in [0.25, 0.3) is 0 Å². The summed E-state index contributed by atoms with van der Waals surface area (Å²) in [5.41, 5.74) is -0.818. The third kappa shape index (κ3) is 22.8. The molecule has 2 unspecified atom stereocenters. The fourth-order valence-electron chi connectivity index (χ4n) is 6.18. The zero-order chi connectivity index (χ0) is 38.5. The van der Waals surface area contributed by atoms with E-state index in [1.807, 2.05) is 13.8 Å². The van der Waals surface area contributed by atoms with Crippen LogP contribution in [0.2, 0.25) is 0 Å². The van der Waals surface area contributed by atoms with E-state index in [0.29, 0.717) is 38.9 Å². The highest BCUT2D eigenvalue weighted by Crippen LogP contribution is 2.31. The van der Waals surface area contributed by atoms with Crippen molar-refractivity contribution in [3.8, 4) is 0 Å². The molecule has 304 valence electrons. The maximum atomic E-state index is 12.7. The predicted octanol–water partition coefficient (Wildman–Crippen LogP) is 9.82. The van der Waals surface area contributed by atoms with Crippen LogP contribution in [-0.4, -0.2) is 69.3 Å². The lowest BCUT2D eigenvalue weighted by molar-refractivity contribution is -0.296. The Balaban J connectivity index is 2.44. The lowest BCUT2D eigenvalue weighted by atomic mass is 9.91. The topological polar surface area (TPSA) is 124 Å². The van der Waals surface area contributed by atoms with Crippen LogP contribution in [0.15, 0.2) is 0 Å². The Morgan fingerprint density at radius 1 is 0.500 bits per heavy atom. The third-order valence-electron chi connectivity index (χ3n) is 9.86. The van der Waals surface area contributed by atoms with Crippen molar-refractivity contribution in [2.45, 2.75) is 189 Å². The third-order valence-corrected chi connectivity index (χ3v) is 9.86. The van der Waals surface area contributed by atoms with Crippen molar-refractivity contribution in [1.29, 1.82) is 0 Å². The highest BCUT2D eigenvalue weighted by Gasteiger charge is 2.42. The van der Waals surface area contributed by atoms with Gasteiger partial charge in [-0.25, -0.2) is 0 Å². The van der Waals surface area contributed by atoms with Crippen LogP contribution in [0.1, 0.15) is 183 Å². The van der Waals surface area contributed by atoms with Crippen molar-refractivity contribution in [3.63, 3.8) is 0 Å². The smallest absolute Gasteiger partial charge is 0.308 e. The number of rotatable bonds is 32. The van der Waals surface area contributed by atoms with Gasteiger partial charge in [0.05, 0.1) is 43.7 Å². The largest absolute Gasteiger partial charge is 0.465 e. The molecule has 0 spiro atoms. The first-order valence-electron chi connectivity index (χ1n) is 20.9. The normalized spacial score (nSPS) is 16.1. The fourth-order valence-corrected chi connectivity index (χ4v) is 6.18. The second kappa shape index (κ2) is 29.2. The number of carbonyl (C=O) groups excluding carboxylic acids is 4. The summed E-state index contributed by atoms with van der Waals surface area (Å²) in [5.74, 6) is -1.85. The first kappa shape index (κ1) is 47.8. The Labute approximate surface area is 316 Å². The van der Waals surface area contributed by atoms with Crippen LogP contribution in [0.25, 0.3) is 0 Å². The van der Waals surface area contributed by atoms with E-state index in [1.54, 1.807) is 0 Å². The quantitative estimate of drug-likeness (QED) is 0.0374. The van der Waals surface area contributed by atoms with E-state index in [1.165, 1.54) is 25.7 Å². The molecule has 0 aromatic carbocycles. The maximum absolute atomic E-state index is 12.7. The molecule has 0 radical (unpaired) electrons. The van der Waals surface area contributed by atoms with Crippen LogP contribution in [-0.2, 0) is 47.6 Å². The summed E-state index contributed by atoms with van der Waals surface area (Å²) in [6, 6.07) is 0. The lowest BCUT2D eigenvalue weighted by Crippen LogP contribution is -2.51. The Hall–Kier alpha value is -2.20. The average molecular weight is 741 g/mol. The Morgan fingerprint density at radius 2 is 0.885 bits per heavy atom. The molecule has 10 nitrogen and oxygen atoms in total. The van der Waals surface area contributed by atoms with E-state index in [0.717, 1.165) is 77.0 Å². The van der Waals surface area contributed by atoms with Crippen LogP contribution >= 0.6 is 0 Å². The van der Waals surface area contributed by atoms with Gasteiger partial charge < -0.3 is 28.4 Å². The molecule has 1 aliphatic heterocycles. The molecule has 1 fully saturated rings. The fraction of sp³-hybridized carbons (Fsp3) is 0.905. The van der Waals surface area contributed by atoms with Crippen LogP contribution < -0.4 is 0 Å². The Morgan fingerprint density at radius 3 is 1.27 bits per heavy atom. The zero-order valence-electron chi connectivity index (χ0n) is 34.0. The molecule has 1 rings (SSSR count). The first-order valence-corrected chi connectivity index (χ1v) is 20.9. The van der Waals surface area contributed by atoms with E-state index in [4.69, 9.17) is 28.4 Å². The SMILES string of the molecule is CCCCCCC(CCCC)C(=O)OCCCCC(=O)OCC1(COC(=O)CCCCOC(=O)C(CCCC)CCCCCC)COC(C)(C)OC1. The molecule has 1 heterocycles. The van der Waals surface area contributed by atoms with Gasteiger partial charge in [-0.3, -0.25) is 19.2 Å². The predicted molar refractivity (Wildman–Crippen MR) is 204 cm³/mol. The minimum atomic E-state index is -0.818. The van der Waals surface area contributed by atoms with Crippen molar-refractivity contribution >= 4 is 23.9 Å². The first-order chi connectivity index (χ1) is 25.0. The number of hydrogen-bond donors (Lipinski definition) is 0. The second-order valence-electron chi connectivity index (χ2n) is 15.4. The van der Waals surface area contributed by atoms with E-state index in [-0.39, 0.29) is 75.0 Å². The number of hydrogen-bond acceptors (Lipinski definition) is 10. The van der Waals surface area contributed by atoms with Crippen LogP contribution in [0.4, 0.5) is 0 Å². The van der Waals surface area contributed by atoms with Gasteiger partial charge in [0, 0.05) is 12.8 Å². The van der Waals surface area contributed by atoms with E-state index in [9.17, 15) is 19.2 Å². The monoisotopic (exact) mass is 741 g/mol. The van der Waals surface area contributed by atoms with Crippen LogP contribution in [0.3, 0.4) is 0 Å². The minimum Gasteiger partial charge on any atom is -0.465 e. The molecule has 0 amide bonds. The van der Waals surface area contributed by atoms with Gasteiger partial charge in [0.2, 0.25) is 0 Å². The summed E-state index contributed by atoms with van der Waals surface area (Å²) in [6.07, 6.45) is 19.4. The maximum Gasteiger partial charge on any atom is 0.308 e. The minimum absolute atomic E-state index is 0.00505. The van der Waals surface area contributed by atoms with Gasteiger partial charge in [-0.2, -0.15) is 0 Å². The average Bonchev–Trinajstić information content (AvgIpc) is 3.13. The molecule has 0 aromatic heterocycles. The van der Waals surface area contributed by atoms with E-state index in [2.05, 4.69) is 27.7 Å². The molecule has 0 aliphatic carbocycles. The van der Waals surface area contributed by atoms with Crippen molar-refractivity contribution < 1.29 is 47.6 Å². The second-order valence-corrected chi connectivity index (χ2v) is 15.4. The van der Waals surface area contributed by atoms with E-state index < -0.39 is 11.2 Å². The molecular weight excluding hydrogens is 664 g/mol. The van der Waals surface area contributed by atoms with Crippen molar-refractivity contribution in [3.05, 3.63) is 0 Å². The summed E-state index contributed by atoms with van der Waals surface area (Å²) in [6.45, 7) is 13.2. The van der Waals surface area contributed by atoms with Gasteiger partial charge in [-0.1, -0.05) is 105 Å². The summed E-state index contributed by atoms with van der Waals surface area (Å²) >= 11 is 0. The zero-order valence-corrected chi connectivity index (χ0v) is 34.0. The van der Waals surface area contributed by atoms with Crippen molar-refractivity contribution in [2.75, 3.05) is 39.6 Å². The molecule has 0 saturated carbocycles. The molecule has 0 aromatic rings. The molecule has 0 N–H and O–H groups in total. The van der Waals surface area contributed by atoms with E-state index >= 15 is 0 Å². The van der Waals surface area contributed by atoms with Crippen LogP contribution in [0.5, 0.6) is 0 Å². The highest BCUT2D eigenvalue weighted by molar-refractivity contribution is 5.73. The highest BCUT2D eigenvalue weighted by atomic mass is 16.7. The number of carbonyl (C=O) groups is 4. The number of esters is 4. The van der Waals surface area contributed by atoms with Gasteiger partial charge in [0.15, 0.2) is 5.79 Å². The number of unbranched alkanes of at least 4 members (excludes halogenated alkanes) is 10. The molecular formula is C42H76O10. The van der Waals surface area contributed by atoms with Crippen LogP contribution in [0, 0.1) is 17.3 Å². The summed E-state index contributed by atoms with van der Waals surface area (Å²) < 4.78 is 34.2. The lowest BCUT2D eigenvalue weighted by Gasteiger charge is -2.42. The summed E-state index contributed by atoms with van der Waals surface area (Å²) in [4.78, 5) is 50.7. The summed E-state index contributed by atoms with van der Waals surface area (Å²) in [7, 11) is 0. The Kier molecular flexibility index (Phi) is 26.8. The Bertz CT molecular complexity index is 890. The van der Waals surface area contributed by atoms with Gasteiger partial charge in [-0.15, -0.1) is 0 Å². The molecule has 1 saturated heterocycles. The molecule has 2 atom stereocenters. The van der Waals surface area contributed by atoms with Gasteiger partial charge in [0.1, 0.15) is 13.2 Å². The van der Waals surface area contributed by atoms with Gasteiger partial charge >= 0.3 is 23.9 Å². The standard InChI is InChI=1S/C42H76O10/c1-7-11-15-17-25-35(23-13-9-3)39(45)47-29-21-19-27-37(43)49-31-42(33-51-41(5,6)52-34-42)32-50-38(44)28-20-22-30-48-40(46)36(24-14-10-4)26-18-16-12-8-2/h35-36H,7-34H2,1-6H3. The molecule has 0 bridgehead atoms. The molecule has 52 heavy (non-hydrogen) atoms. The van der Waals surface area contributed by atoms with Crippen molar-refractivity contribution in [1.82, 2.24) is 0 Å².